The molecule has 0 unspecified atom stereocenters. The number of hydrogen-bond acceptors (Lipinski definition) is 4. The molecule has 0 radical (unpaired) electrons. The van der Waals surface area contributed by atoms with Gasteiger partial charge in [-0.25, -0.2) is 4.57 Å². The number of unbranched alkanes of at least 4 members (excludes halogenated alkanes) is 39. The van der Waals surface area contributed by atoms with Gasteiger partial charge < -0.3 is 0 Å². The highest BCUT2D eigenvalue weighted by Crippen LogP contribution is 2.70. The summed E-state index contributed by atoms with van der Waals surface area (Å²) in [6.07, 6.45) is 71.0. The molecule has 6 aromatic rings. The first kappa shape index (κ1) is 111. The summed E-state index contributed by atoms with van der Waals surface area (Å²) in [6.45, 7) is 51.3. The van der Waals surface area contributed by atoms with Crippen molar-refractivity contribution >= 4 is 7.82 Å². The van der Waals surface area contributed by atoms with Crippen LogP contribution in [0.15, 0.2) is 146 Å². The van der Waals surface area contributed by atoms with Gasteiger partial charge in [0.25, 0.3) is 0 Å². The van der Waals surface area contributed by atoms with Crippen LogP contribution in [0.1, 0.15) is 531 Å². The van der Waals surface area contributed by atoms with Crippen LogP contribution < -0.4 is 0 Å². The first-order valence-corrected chi connectivity index (χ1v) is 56.5. The second-order valence-corrected chi connectivity index (χ2v) is 40.6. The van der Waals surface area contributed by atoms with Gasteiger partial charge in [0.15, 0.2) is 16.8 Å². The van der Waals surface area contributed by atoms with Crippen molar-refractivity contribution in [2.45, 2.75) is 525 Å². The molecular formula is C123H195O4P. The zero-order valence-electron chi connectivity index (χ0n) is 86.1. The molecule has 0 aliphatic rings. The van der Waals surface area contributed by atoms with Gasteiger partial charge in [-0.2, -0.15) is 0 Å². The number of phosphoric ester groups is 1. The van der Waals surface area contributed by atoms with E-state index in [2.05, 4.69) is 213 Å². The molecule has 0 N–H and O–H groups in total. The summed E-state index contributed by atoms with van der Waals surface area (Å²) in [5, 5.41) is 0. The maximum absolute atomic E-state index is 20.8. The third kappa shape index (κ3) is 34.8. The molecule has 0 bridgehead atoms. The van der Waals surface area contributed by atoms with E-state index in [-0.39, 0.29) is 0 Å². The summed E-state index contributed by atoms with van der Waals surface area (Å²) in [7, 11) is -5.47. The molecule has 0 amide bonds. The minimum Gasteiger partial charge on any atom is -0.266 e. The van der Waals surface area contributed by atoms with Crippen molar-refractivity contribution in [2.24, 2.45) is 0 Å². The Bertz CT molecular complexity index is 3500. The van der Waals surface area contributed by atoms with E-state index in [1.54, 1.807) is 0 Å². The van der Waals surface area contributed by atoms with E-state index < -0.39 is 24.6 Å². The Hall–Kier alpha value is -5.35. The molecule has 4 nitrogen and oxygen atoms in total. The lowest BCUT2D eigenvalue weighted by Crippen LogP contribution is -2.42. The fraction of sp³-hybridized carbons (Fsp3) is 0.659. The fourth-order valence-electron chi connectivity index (χ4n) is 21.1. The van der Waals surface area contributed by atoms with Gasteiger partial charge in [0.1, 0.15) is 0 Å². The standard InChI is InChI=1S/C123H195O4P/c1-19-34-37-40-43-46-49-52-55-58-61-64-67-70-79-100(16)121(115-88-82-103(73-22-4)94-109(115)28-10,116-89-83-104(74-23-5)95-110(116)29-11)125-128(124,126-122(117-90-84-105(75-24-6)96-111(117)30-12,118-91-85-106(76-25-7)97-112(118)31-13)101(17)80-71-68-65-62-59-56-53-50-47-44-41-38-35-20-2)127-123(119-92-86-107(77-26-8)98-113(119)32-14,120-93-87-108(78-27-9)99-114(120)33-15)102(18)81-72-69-66-63-60-57-54-51-48-45-42-39-36-21-3/h82-99H,16-81H2,1-15H3. The van der Waals surface area contributed by atoms with Gasteiger partial charge in [-0.1, -0.05) is 522 Å². The summed E-state index contributed by atoms with van der Waals surface area (Å²) < 4.78 is 48.3. The molecule has 0 saturated carbocycles. The van der Waals surface area contributed by atoms with Gasteiger partial charge in [-0.3, -0.25) is 13.6 Å². The second-order valence-electron chi connectivity index (χ2n) is 39.2. The summed E-state index contributed by atoms with van der Waals surface area (Å²) in [5.74, 6) is 0. The number of rotatable bonds is 78. The Morgan fingerprint density at radius 1 is 0.211 bits per heavy atom. The SMILES string of the molecule is C=C(CCCCCCCCCCCCCCCC)C(OP(=O)(OC(C(=C)CCCCCCCCCCCCCCCC)(c1ccc(CCC)cc1CC)c1ccc(CCC)cc1CC)OC(C(=C)CCCCCCCCCCCCCCCC)(c1ccc(CCC)cc1CC)c1ccc(CCC)cc1CC)(c1ccc(CCC)cc1CC)c1ccc(CCC)cc1CC. The first-order chi connectivity index (χ1) is 62.5. The molecule has 0 saturated heterocycles. The highest BCUT2D eigenvalue weighted by atomic mass is 31.2. The maximum atomic E-state index is 20.8. The lowest BCUT2D eigenvalue weighted by Gasteiger charge is -2.48. The Morgan fingerprint density at radius 2 is 0.352 bits per heavy atom. The average Bonchev–Trinajstić information content (AvgIpc) is 0.704. The number of aryl methyl sites for hydroxylation is 12. The van der Waals surface area contributed by atoms with Crippen molar-refractivity contribution in [3.05, 3.63) is 246 Å². The Morgan fingerprint density at radius 3 is 0.484 bits per heavy atom. The summed E-state index contributed by atoms with van der Waals surface area (Å²) in [5.41, 5.74) is 18.3. The predicted octanol–water partition coefficient (Wildman–Crippen LogP) is 39.3. The normalized spacial score (nSPS) is 12.2. The van der Waals surface area contributed by atoms with E-state index in [9.17, 15) is 0 Å². The molecule has 716 valence electrons. The van der Waals surface area contributed by atoms with Crippen LogP contribution in [-0.4, -0.2) is 0 Å². The summed E-state index contributed by atoms with van der Waals surface area (Å²) in [4.78, 5) is 0. The molecule has 0 aliphatic heterocycles. The minimum atomic E-state index is -5.47. The van der Waals surface area contributed by atoms with Gasteiger partial charge in [-0.05, 0) is 232 Å². The summed E-state index contributed by atoms with van der Waals surface area (Å²) >= 11 is 0. The van der Waals surface area contributed by atoms with E-state index in [0.29, 0.717) is 57.8 Å². The van der Waals surface area contributed by atoms with E-state index >= 15 is 4.57 Å². The van der Waals surface area contributed by atoms with Gasteiger partial charge in [-0.15, -0.1) is 0 Å². The summed E-state index contributed by atoms with van der Waals surface area (Å²) in [6, 6.07) is 43.2. The Balaban J connectivity index is 1.82. The zero-order valence-corrected chi connectivity index (χ0v) is 87.0. The van der Waals surface area contributed by atoms with Gasteiger partial charge in [0.2, 0.25) is 0 Å². The van der Waals surface area contributed by atoms with Gasteiger partial charge in [0.05, 0.1) is 0 Å². The molecule has 6 aromatic carbocycles. The van der Waals surface area contributed by atoms with Crippen molar-refractivity contribution in [1.82, 2.24) is 0 Å². The largest absolute Gasteiger partial charge is 0.479 e. The zero-order chi connectivity index (χ0) is 92.5. The van der Waals surface area contributed by atoms with E-state index in [1.807, 2.05) is 0 Å². The lowest BCUT2D eigenvalue weighted by molar-refractivity contribution is -0.0185. The van der Waals surface area contributed by atoms with Crippen LogP contribution in [0.4, 0.5) is 0 Å². The molecule has 0 aromatic heterocycles. The van der Waals surface area contributed by atoms with Gasteiger partial charge in [0, 0.05) is 0 Å². The molecule has 0 fully saturated rings. The van der Waals surface area contributed by atoms with Crippen LogP contribution >= 0.6 is 7.82 Å². The molecule has 5 heteroatoms. The number of hydrogen-bond donors (Lipinski definition) is 0. The molecule has 0 spiro atoms. The Labute approximate surface area is 791 Å². The number of benzene rings is 6. The molecule has 0 atom stereocenters. The fourth-order valence-corrected chi connectivity index (χ4v) is 23.2. The quantitative estimate of drug-likeness (QED) is 0.0217. The van der Waals surface area contributed by atoms with Crippen LogP contribution in [0.2, 0.25) is 0 Å². The van der Waals surface area contributed by atoms with Crippen LogP contribution in [0.3, 0.4) is 0 Å². The molecule has 128 heavy (non-hydrogen) atoms. The van der Waals surface area contributed by atoms with E-state index in [0.717, 1.165) is 218 Å². The van der Waals surface area contributed by atoms with E-state index in [4.69, 9.17) is 33.3 Å². The van der Waals surface area contributed by atoms with Crippen LogP contribution in [-0.2, 0) is 112 Å². The number of phosphoric acid groups is 1. The van der Waals surface area contributed by atoms with Crippen molar-refractivity contribution in [3.63, 3.8) is 0 Å². The molecule has 0 heterocycles. The van der Waals surface area contributed by atoms with E-state index in [1.165, 1.54) is 245 Å². The van der Waals surface area contributed by atoms with Crippen molar-refractivity contribution in [2.75, 3.05) is 0 Å². The van der Waals surface area contributed by atoms with Crippen molar-refractivity contribution < 1.29 is 18.1 Å². The second kappa shape index (κ2) is 64.5. The van der Waals surface area contributed by atoms with Crippen molar-refractivity contribution in [3.8, 4) is 0 Å². The smallest absolute Gasteiger partial charge is 0.266 e. The Kier molecular flexibility index (Phi) is 56.2. The maximum Gasteiger partial charge on any atom is 0.479 e. The van der Waals surface area contributed by atoms with Crippen LogP contribution in [0.25, 0.3) is 0 Å². The lowest BCUT2D eigenvalue weighted by atomic mass is 9.74. The molecule has 0 aliphatic carbocycles. The highest BCUT2D eigenvalue weighted by molar-refractivity contribution is 7.48. The highest BCUT2D eigenvalue weighted by Gasteiger charge is 2.58. The topological polar surface area (TPSA) is 44.8 Å². The third-order valence-electron chi connectivity index (χ3n) is 28.5. The average molecular weight is 1770 g/mol. The minimum absolute atomic E-state index is 0.640. The van der Waals surface area contributed by atoms with Crippen LogP contribution in [0.5, 0.6) is 0 Å². The first-order valence-electron chi connectivity index (χ1n) is 55.0. The molecule has 6 rings (SSSR count). The molecular weight excluding hydrogens is 1570 g/mol. The van der Waals surface area contributed by atoms with Crippen molar-refractivity contribution in [1.29, 1.82) is 0 Å². The predicted molar refractivity (Wildman–Crippen MR) is 564 cm³/mol. The monoisotopic (exact) mass is 1770 g/mol. The third-order valence-corrected chi connectivity index (χ3v) is 30.0. The van der Waals surface area contributed by atoms with Gasteiger partial charge >= 0.3 is 7.82 Å². The van der Waals surface area contributed by atoms with Crippen LogP contribution in [0, 0.1) is 0 Å².